The smallest absolute Gasteiger partial charge is 0.231 e. The molecule has 0 N–H and O–H groups in total. The molecule has 3 aliphatic rings. The second kappa shape index (κ2) is 6.27. The van der Waals surface area contributed by atoms with E-state index in [4.69, 9.17) is 23.9 Å². The quantitative estimate of drug-likeness (QED) is 0.690. The Hall–Kier alpha value is -2.99. The SMILES string of the molecule is c1c(CN2CCCC2)c(-c2cc3ccc4c(c3cn2)OCO4)cc2c1OCO2. The molecule has 0 radical (unpaired) electrons. The number of fused-ring (bicyclic) bond motifs is 4. The van der Waals surface area contributed by atoms with E-state index in [-0.39, 0.29) is 13.6 Å². The van der Waals surface area contributed by atoms with E-state index in [1.54, 1.807) is 0 Å². The van der Waals surface area contributed by atoms with Crippen molar-refractivity contribution in [3.05, 3.63) is 42.1 Å². The molecule has 6 nitrogen and oxygen atoms in total. The Bertz CT molecular complexity index is 1080. The zero-order chi connectivity index (χ0) is 18.5. The monoisotopic (exact) mass is 376 g/mol. The predicted octanol–water partition coefficient (Wildman–Crippen LogP) is 3.96. The van der Waals surface area contributed by atoms with Gasteiger partial charge in [-0.3, -0.25) is 9.88 Å². The van der Waals surface area contributed by atoms with Gasteiger partial charge < -0.3 is 18.9 Å². The maximum absolute atomic E-state index is 5.63. The van der Waals surface area contributed by atoms with Crippen molar-refractivity contribution in [2.24, 2.45) is 0 Å². The average molecular weight is 376 g/mol. The minimum absolute atomic E-state index is 0.262. The summed E-state index contributed by atoms with van der Waals surface area (Å²) >= 11 is 0. The predicted molar refractivity (Wildman–Crippen MR) is 104 cm³/mol. The summed E-state index contributed by atoms with van der Waals surface area (Å²) < 4.78 is 22.4. The largest absolute Gasteiger partial charge is 0.454 e. The van der Waals surface area contributed by atoms with Gasteiger partial charge in [0.15, 0.2) is 23.0 Å². The lowest BCUT2D eigenvalue weighted by molar-refractivity contribution is 0.174. The number of hydrogen-bond donors (Lipinski definition) is 0. The summed E-state index contributed by atoms with van der Waals surface area (Å²) in [5.74, 6) is 3.16. The van der Waals surface area contributed by atoms with Gasteiger partial charge >= 0.3 is 0 Å². The zero-order valence-electron chi connectivity index (χ0n) is 15.4. The van der Waals surface area contributed by atoms with Crippen LogP contribution in [0.15, 0.2) is 36.5 Å². The van der Waals surface area contributed by atoms with Gasteiger partial charge in [-0.1, -0.05) is 6.07 Å². The summed E-state index contributed by atoms with van der Waals surface area (Å²) in [5, 5.41) is 2.06. The van der Waals surface area contributed by atoms with Gasteiger partial charge in [0, 0.05) is 23.7 Å². The summed E-state index contributed by atoms with van der Waals surface area (Å²) in [6.07, 6.45) is 4.41. The van der Waals surface area contributed by atoms with E-state index >= 15 is 0 Å². The Morgan fingerprint density at radius 3 is 2.54 bits per heavy atom. The fourth-order valence-electron chi connectivity index (χ4n) is 4.27. The first-order valence-corrected chi connectivity index (χ1v) is 9.69. The minimum atomic E-state index is 0.262. The molecule has 3 aliphatic heterocycles. The molecule has 1 aromatic heterocycles. The third-order valence-electron chi connectivity index (χ3n) is 5.70. The molecular formula is C22H20N2O4. The number of rotatable bonds is 3. The van der Waals surface area contributed by atoms with Crippen LogP contribution in [0.5, 0.6) is 23.0 Å². The maximum atomic E-state index is 5.63. The molecule has 3 aromatic rings. The second-order valence-electron chi connectivity index (χ2n) is 7.44. The lowest BCUT2D eigenvalue weighted by Crippen LogP contribution is -2.18. The van der Waals surface area contributed by atoms with Crippen molar-refractivity contribution in [1.82, 2.24) is 9.88 Å². The Labute approximate surface area is 162 Å². The van der Waals surface area contributed by atoms with Crippen molar-refractivity contribution in [2.45, 2.75) is 19.4 Å². The van der Waals surface area contributed by atoms with Crippen LogP contribution in [-0.2, 0) is 6.54 Å². The van der Waals surface area contributed by atoms with Gasteiger partial charge in [0.1, 0.15) is 0 Å². The van der Waals surface area contributed by atoms with E-state index in [0.717, 1.165) is 64.7 Å². The molecule has 1 saturated heterocycles. The molecule has 142 valence electrons. The first-order valence-electron chi connectivity index (χ1n) is 9.69. The normalized spacial score (nSPS) is 17.6. The topological polar surface area (TPSA) is 53.1 Å². The van der Waals surface area contributed by atoms with Crippen molar-refractivity contribution in [3.8, 4) is 34.3 Å². The molecule has 0 saturated carbocycles. The molecule has 28 heavy (non-hydrogen) atoms. The van der Waals surface area contributed by atoms with Crippen LogP contribution < -0.4 is 18.9 Å². The van der Waals surface area contributed by atoms with Crippen LogP contribution in [0.4, 0.5) is 0 Å². The van der Waals surface area contributed by atoms with Gasteiger partial charge in [-0.05, 0) is 61.1 Å². The molecule has 0 spiro atoms. The van der Waals surface area contributed by atoms with Crippen LogP contribution in [0.3, 0.4) is 0 Å². The van der Waals surface area contributed by atoms with Gasteiger partial charge in [-0.25, -0.2) is 0 Å². The number of hydrogen-bond acceptors (Lipinski definition) is 6. The summed E-state index contributed by atoms with van der Waals surface area (Å²) in [6.45, 7) is 3.72. The molecule has 0 unspecified atom stereocenters. The highest BCUT2D eigenvalue weighted by Gasteiger charge is 2.22. The van der Waals surface area contributed by atoms with Gasteiger partial charge in [0.2, 0.25) is 13.6 Å². The van der Waals surface area contributed by atoms with E-state index in [2.05, 4.69) is 29.2 Å². The first-order chi connectivity index (χ1) is 13.8. The van der Waals surface area contributed by atoms with Gasteiger partial charge in [0.25, 0.3) is 0 Å². The Kier molecular flexibility index (Phi) is 3.59. The lowest BCUT2D eigenvalue weighted by Gasteiger charge is -2.18. The molecule has 0 bridgehead atoms. The number of benzene rings is 2. The summed E-state index contributed by atoms with van der Waals surface area (Å²) in [5.41, 5.74) is 3.24. The van der Waals surface area contributed by atoms with Crippen molar-refractivity contribution < 1.29 is 18.9 Å². The molecule has 0 aliphatic carbocycles. The van der Waals surface area contributed by atoms with Crippen molar-refractivity contribution >= 4 is 10.8 Å². The standard InChI is InChI=1S/C22H20N2O4/c1-2-6-24(5-1)11-15-8-20-21(27-12-26-20)9-16(15)18-7-14-3-4-19-22(28-13-25-19)17(14)10-23-18/h3-4,7-10H,1-2,5-6,11-13H2. The van der Waals surface area contributed by atoms with Crippen LogP contribution >= 0.6 is 0 Å². The third-order valence-corrected chi connectivity index (χ3v) is 5.70. The summed E-state index contributed by atoms with van der Waals surface area (Å²) in [4.78, 5) is 7.25. The van der Waals surface area contributed by atoms with Gasteiger partial charge in [-0.15, -0.1) is 0 Å². The van der Waals surface area contributed by atoms with E-state index in [9.17, 15) is 0 Å². The molecule has 4 heterocycles. The average Bonchev–Trinajstić information content (AvgIpc) is 3.48. The highest BCUT2D eigenvalue weighted by Crippen LogP contribution is 2.42. The van der Waals surface area contributed by atoms with Gasteiger partial charge in [0.05, 0.1) is 5.69 Å². The number of ether oxygens (including phenoxy) is 4. The lowest BCUT2D eigenvalue weighted by atomic mass is 10.0. The highest BCUT2D eigenvalue weighted by atomic mass is 16.7. The zero-order valence-corrected chi connectivity index (χ0v) is 15.4. The molecular weight excluding hydrogens is 356 g/mol. The van der Waals surface area contributed by atoms with Crippen LogP contribution in [0.1, 0.15) is 18.4 Å². The van der Waals surface area contributed by atoms with E-state index in [1.807, 2.05) is 12.3 Å². The molecule has 0 atom stereocenters. The van der Waals surface area contributed by atoms with Crippen LogP contribution in [0, 0.1) is 0 Å². The van der Waals surface area contributed by atoms with Crippen molar-refractivity contribution in [3.63, 3.8) is 0 Å². The minimum Gasteiger partial charge on any atom is -0.454 e. The summed E-state index contributed by atoms with van der Waals surface area (Å²) in [7, 11) is 0. The van der Waals surface area contributed by atoms with Crippen molar-refractivity contribution in [2.75, 3.05) is 26.7 Å². The summed E-state index contributed by atoms with van der Waals surface area (Å²) in [6, 6.07) is 10.3. The molecule has 1 fully saturated rings. The molecule has 6 heteroatoms. The highest BCUT2D eigenvalue weighted by molar-refractivity contribution is 5.93. The van der Waals surface area contributed by atoms with E-state index < -0.39 is 0 Å². The molecule has 2 aromatic carbocycles. The Balaban J connectivity index is 1.46. The van der Waals surface area contributed by atoms with Crippen LogP contribution in [-0.4, -0.2) is 36.6 Å². The number of pyridine rings is 1. The van der Waals surface area contributed by atoms with Crippen LogP contribution in [0.2, 0.25) is 0 Å². The second-order valence-corrected chi connectivity index (χ2v) is 7.44. The number of likely N-dealkylation sites (tertiary alicyclic amines) is 1. The molecule has 0 amide bonds. The van der Waals surface area contributed by atoms with Crippen LogP contribution in [0.25, 0.3) is 22.0 Å². The fourth-order valence-corrected chi connectivity index (χ4v) is 4.27. The van der Waals surface area contributed by atoms with Gasteiger partial charge in [-0.2, -0.15) is 0 Å². The maximum Gasteiger partial charge on any atom is 0.231 e. The number of nitrogens with zero attached hydrogens (tertiary/aromatic N) is 2. The number of aromatic nitrogens is 1. The third kappa shape index (κ3) is 2.56. The van der Waals surface area contributed by atoms with Crippen molar-refractivity contribution in [1.29, 1.82) is 0 Å². The van der Waals surface area contributed by atoms with E-state index in [1.165, 1.54) is 18.4 Å². The van der Waals surface area contributed by atoms with E-state index in [0.29, 0.717) is 0 Å². The Morgan fingerprint density at radius 1 is 0.857 bits per heavy atom. The fraction of sp³-hybridized carbons (Fsp3) is 0.318. The molecule has 6 rings (SSSR count). The first kappa shape index (κ1) is 16.0. The Morgan fingerprint density at radius 2 is 1.64 bits per heavy atom.